The van der Waals surface area contributed by atoms with Gasteiger partial charge in [0.15, 0.2) is 0 Å². The zero-order chi connectivity index (χ0) is 38.4. The Bertz CT molecular complexity index is 957. The second-order valence-corrected chi connectivity index (χ2v) is 17.9. The van der Waals surface area contributed by atoms with Crippen LogP contribution in [0.2, 0.25) is 0 Å². The SMILES string of the molecule is CCCCCCCCCON1C(C)CC(OC(=O)C(CCCCCCCC(=O)O)C2CC(C)N(OCCCCCCCCC)C(C)(C)C2)CC1(C)C. The minimum absolute atomic E-state index is 0.0261. The Morgan fingerprint density at radius 1 is 0.635 bits per heavy atom. The number of aliphatic carboxylic acids is 1. The van der Waals surface area contributed by atoms with Gasteiger partial charge < -0.3 is 9.84 Å². The summed E-state index contributed by atoms with van der Waals surface area (Å²) < 4.78 is 6.50. The molecule has 2 aliphatic rings. The highest BCUT2D eigenvalue weighted by Gasteiger charge is 2.46. The molecule has 0 radical (unpaired) electrons. The van der Waals surface area contributed by atoms with Crippen molar-refractivity contribution in [2.24, 2.45) is 11.8 Å². The maximum absolute atomic E-state index is 14.2. The molecule has 0 aliphatic carbocycles. The highest BCUT2D eigenvalue weighted by atomic mass is 16.7. The standard InChI is InChI=1S/C44H84N2O6/c1-9-11-13-15-17-22-26-30-50-45-36(3)32-38(34-43(45,5)6)40(28-24-20-19-21-25-29-41(47)48)42(49)52-39-33-37(4)46(44(7,8)35-39)51-31-27-23-18-16-14-12-10-2/h36-40H,9-35H2,1-8H3,(H,47,48). The fraction of sp³-hybridized carbons (Fsp3) is 0.955. The summed E-state index contributed by atoms with van der Waals surface area (Å²) in [5, 5.41) is 13.4. The van der Waals surface area contributed by atoms with Crippen LogP contribution in [0.4, 0.5) is 0 Å². The molecule has 2 rings (SSSR count). The first-order valence-electron chi connectivity index (χ1n) is 22.1. The molecule has 0 aromatic heterocycles. The van der Waals surface area contributed by atoms with Crippen LogP contribution in [-0.2, 0) is 24.0 Å². The van der Waals surface area contributed by atoms with Gasteiger partial charge in [-0.25, -0.2) is 0 Å². The number of nitrogens with zero attached hydrogens (tertiary/aromatic N) is 2. The number of carboxylic acids is 1. The lowest BCUT2D eigenvalue weighted by Gasteiger charge is -2.50. The summed E-state index contributed by atoms with van der Waals surface area (Å²) in [6.07, 6.45) is 26.7. The van der Waals surface area contributed by atoms with E-state index in [1.54, 1.807) is 0 Å². The van der Waals surface area contributed by atoms with Gasteiger partial charge in [0, 0.05) is 42.4 Å². The third-order valence-electron chi connectivity index (χ3n) is 11.7. The summed E-state index contributed by atoms with van der Waals surface area (Å²) in [5.41, 5.74) is -0.391. The second kappa shape index (κ2) is 25.8. The lowest BCUT2D eigenvalue weighted by molar-refractivity contribution is -0.266. The van der Waals surface area contributed by atoms with Gasteiger partial charge in [0.2, 0.25) is 0 Å². The number of hydrogen-bond donors (Lipinski definition) is 1. The molecule has 0 aromatic carbocycles. The average molecular weight is 737 g/mol. The number of carboxylic acid groups (broad SMARTS) is 1. The molecular weight excluding hydrogens is 652 g/mol. The quantitative estimate of drug-likeness (QED) is 0.0600. The predicted molar refractivity (Wildman–Crippen MR) is 214 cm³/mol. The van der Waals surface area contributed by atoms with Crippen LogP contribution in [-0.4, -0.2) is 69.7 Å². The van der Waals surface area contributed by atoms with Gasteiger partial charge >= 0.3 is 11.9 Å². The van der Waals surface area contributed by atoms with Gasteiger partial charge in [-0.05, 0) is 86.0 Å². The largest absolute Gasteiger partial charge is 0.481 e. The third kappa shape index (κ3) is 17.9. The molecular formula is C44H84N2O6. The summed E-state index contributed by atoms with van der Waals surface area (Å²) >= 11 is 0. The molecule has 2 heterocycles. The van der Waals surface area contributed by atoms with Crippen molar-refractivity contribution in [3.8, 4) is 0 Å². The van der Waals surface area contributed by atoms with Crippen LogP contribution < -0.4 is 0 Å². The molecule has 2 aliphatic heterocycles. The molecule has 0 spiro atoms. The average Bonchev–Trinajstić information content (AvgIpc) is 3.06. The van der Waals surface area contributed by atoms with Crippen LogP contribution >= 0.6 is 0 Å². The van der Waals surface area contributed by atoms with Gasteiger partial charge in [0.05, 0.1) is 19.1 Å². The van der Waals surface area contributed by atoms with Crippen molar-refractivity contribution in [3.05, 3.63) is 0 Å². The Kier molecular flexibility index (Phi) is 23.3. The smallest absolute Gasteiger partial charge is 0.309 e. The number of carbonyl (C=O) groups is 2. The fourth-order valence-corrected chi connectivity index (χ4v) is 9.16. The fourth-order valence-electron chi connectivity index (χ4n) is 9.16. The number of hydrogen-bond acceptors (Lipinski definition) is 7. The van der Waals surface area contributed by atoms with Crippen LogP contribution in [0.5, 0.6) is 0 Å². The number of unbranched alkanes of at least 4 members (excludes halogenated alkanes) is 16. The number of rotatable bonds is 29. The maximum atomic E-state index is 14.2. The van der Waals surface area contributed by atoms with E-state index in [9.17, 15) is 9.59 Å². The van der Waals surface area contributed by atoms with Crippen molar-refractivity contribution in [2.75, 3.05) is 13.2 Å². The van der Waals surface area contributed by atoms with Crippen molar-refractivity contribution >= 4 is 11.9 Å². The molecule has 1 N–H and O–H groups in total. The van der Waals surface area contributed by atoms with Gasteiger partial charge in [0.1, 0.15) is 6.10 Å². The molecule has 8 nitrogen and oxygen atoms in total. The van der Waals surface area contributed by atoms with Gasteiger partial charge in [0.25, 0.3) is 0 Å². The number of ether oxygens (including phenoxy) is 1. The molecule has 5 unspecified atom stereocenters. The monoisotopic (exact) mass is 737 g/mol. The van der Waals surface area contributed by atoms with Gasteiger partial charge in [-0.3, -0.25) is 19.3 Å². The maximum Gasteiger partial charge on any atom is 0.309 e. The third-order valence-corrected chi connectivity index (χ3v) is 11.7. The molecule has 52 heavy (non-hydrogen) atoms. The first kappa shape index (κ1) is 46.9. The summed E-state index contributed by atoms with van der Waals surface area (Å²) in [7, 11) is 0. The van der Waals surface area contributed by atoms with E-state index in [-0.39, 0.29) is 53.5 Å². The zero-order valence-corrected chi connectivity index (χ0v) is 35.4. The second-order valence-electron chi connectivity index (χ2n) is 17.9. The van der Waals surface area contributed by atoms with Gasteiger partial charge in [-0.1, -0.05) is 117 Å². The van der Waals surface area contributed by atoms with Crippen molar-refractivity contribution < 1.29 is 29.1 Å². The molecule has 2 fully saturated rings. The molecule has 306 valence electrons. The first-order chi connectivity index (χ1) is 24.8. The van der Waals surface area contributed by atoms with Gasteiger partial charge in [-0.2, -0.15) is 10.1 Å². The Labute approximate surface area is 320 Å². The molecule has 0 aromatic rings. The van der Waals surface area contributed by atoms with Gasteiger partial charge in [-0.15, -0.1) is 0 Å². The highest BCUT2D eigenvalue weighted by Crippen LogP contribution is 2.42. The predicted octanol–water partition coefficient (Wildman–Crippen LogP) is 11.8. The van der Waals surface area contributed by atoms with Crippen molar-refractivity contribution in [3.63, 3.8) is 0 Å². The van der Waals surface area contributed by atoms with Crippen LogP contribution in [0.1, 0.15) is 216 Å². The Hall–Kier alpha value is -1.22. The number of carbonyl (C=O) groups excluding carboxylic acids is 1. The lowest BCUT2D eigenvalue weighted by atomic mass is 9.73. The topological polar surface area (TPSA) is 88.5 Å². The van der Waals surface area contributed by atoms with Crippen LogP contribution in [0, 0.1) is 11.8 Å². The number of piperidine rings is 2. The van der Waals surface area contributed by atoms with E-state index in [0.717, 1.165) is 90.3 Å². The molecule has 8 heteroatoms. The van der Waals surface area contributed by atoms with E-state index in [1.807, 2.05) is 0 Å². The Balaban J connectivity index is 1.98. The van der Waals surface area contributed by atoms with E-state index < -0.39 is 5.97 Å². The van der Waals surface area contributed by atoms with E-state index in [4.69, 9.17) is 19.5 Å². The minimum Gasteiger partial charge on any atom is -0.481 e. The lowest BCUT2D eigenvalue weighted by Crippen LogP contribution is -2.57. The normalized spacial score (nSPS) is 24.2. The summed E-state index contributed by atoms with van der Waals surface area (Å²) in [6.45, 7) is 19.5. The Morgan fingerprint density at radius 3 is 1.56 bits per heavy atom. The van der Waals surface area contributed by atoms with E-state index in [2.05, 4.69) is 65.5 Å². The number of hydroxylamine groups is 4. The molecule has 0 bridgehead atoms. The van der Waals surface area contributed by atoms with Crippen LogP contribution in [0.25, 0.3) is 0 Å². The minimum atomic E-state index is -0.722. The molecule has 5 atom stereocenters. The van der Waals surface area contributed by atoms with Crippen molar-refractivity contribution in [1.29, 1.82) is 0 Å². The summed E-state index contributed by atoms with van der Waals surface area (Å²) in [5.74, 6) is -0.656. The van der Waals surface area contributed by atoms with E-state index >= 15 is 0 Å². The summed E-state index contributed by atoms with van der Waals surface area (Å²) in [4.78, 5) is 38.0. The molecule has 2 saturated heterocycles. The zero-order valence-electron chi connectivity index (χ0n) is 35.4. The number of esters is 1. The first-order valence-corrected chi connectivity index (χ1v) is 22.1. The highest BCUT2D eigenvalue weighted by molar-refractivity contribution is 5.73. The Morgan fingerprint density at radius 2 is 1.08 bits per heavy atom. The van der Waals surface area contributed by atoms with Crippen molar-refractivity contribution in [1.82, 2.24) is 10.1 Å². The molecule has 0 amide bonds. The van der Waals surface area contributed by atoms with E-state index in [0.29, 0.717) is 0 Å². The summed E-state index contributed by atoms with van der Waals surface area (Å²) in [6, 6.07) is 0.395. The molecule has 0 saturated carbocycles. The van der Waals surface area contributed by atoms with Crippen LogP contribution in [0.15, 0.2) is 0 Å². The van der Waals surface area contributed by atoms with E-state index in [1.165, 1.54) is 77.0 Å². The van der Waals surface area contributed by atoms with Crippen molar-refractivity contribution in [2.45, 2.75) is 245 Å². The van der Waals surface area contributed by atoms with Crippen LogP contribution in [0.3, 0.4) is 0 Å².